The van der Waals surface area contributed by atoms with Crippen molar-refractivity contribution in [1.29, 1.82) is 0 Å². The van der Waals surface area contributed by atoms with Crippen molar-refractivity contribution in [2.24, 2.45) is 0 Å². The van der Waals surface area contributed by atoms with E-state index in [-0.39, 0.29) is 11.7 Å². The van der Waals surface area contributed by atoms with Crippen LogP contribution in [0.1, 0.15) is 5.56 Å². The van der Waals surface area contributed by atoms with Crippen molar-refractivity contribution in [2.45, 2.75) is 6.54 Å². The molecule has 0 aliphatic heterocycles. The molecule has 0 spiro atoms. The maximum Gasteiger partial charge on any atom is 0.315 e. The lowest BCUT2D eigenvalue weighted by atomic mass is 10.2. The highest BCUT2D eigenvalue weighted by Crippen LogP contribution is 2.26. The zero-order chi connectivity index (χ0) is 20.9. The number of carbonyl (C=O) groups is 2. The number of amides is 2. The van der Waals surface area contributed by atoms with E-state index >= 15 is 0 Å². The zero-order valence-electron chi connectivity index (χ0n) is 15.6. The Labute approximate surface area is 175 Å². The summed E-state index contributed by atoms with van der Waals surface area (Å²) in [6.07, 6.45) is 3.49. The summed E-state index contributed by atoms with van der Waals surface area (Å²) in [6.45, 7) is 0.180. The van der Waals surface area contributed by atoms with Crippen LogP contribution in [0.4, 0.5) is 9.52 Å². The SMILES string of the molecule is O=C(NCc1cccc(-n2cccn2)c1)C(=O)Nc1nc(-c2ccccc2F)cs1. The first kappa shape index (κ1) is 19.5. The van der Waals surface area contributed by atoms with Crippen LogP contribution in [-0.4, -0.2) is 26.6 Å². The van der Waals surface area contributed by atoms with E-state index in [1.165, 1.54) is 6.07 Å². The Kier molecular flexibility index (Phi) is 5.62. The van der Waals surface area contributed by atoms with Gasteiger partial charge in [-0.25, -0.2) is 14.1 Å². The number of benzene rings is 2. The lowest BCUT2D eigenvalue weighted by Gasteiger charge is -2.07. The fraction of sp³-hybridized carbons (Fsp3) is 0.0476. The number of anilines is 1. The molecule has 30 heavy (non-hydrogen) atoms. The molecule has 0 unspecified atom stereocenters. The van der Waals surface area contributed by atoms with Crippen molar-refractivity contribution in [3.05, 3.63) is 83.8 Å². The van der Waals surface area contributed by atoms with E-state index in [0.29, 0.717) is 11.3 Å². The largest absolute Gasteiger partial charge is 0.344 e. The van der Waals surface area contributed by atoms with Crippen LogP contribution in [0.5, 0.6) is 0 Å². The second-order valence-electron chi connectivity index (χ2n) is 6.28. The maximum absolute atomic E-state index is 13.9. The van der Waals surface area contributed by atoms with E-state index in [0.717, 1.165) is 22.6 Å². The average molecular weight is 421 g/mol. The van der Waals surface area contributed by atoms with Gasteiger partial charge in [-0.05, 0) is 35.9 Å². The second-order valence-corrected chi connectivity index (χ2v) is 7.13. The number of rotatable bonds is 5. The first-order valence-corrected chi connectivity index (χ1v) is 9.87. The molecule has 0 bridgehead atoms. The fourth-order valence-corrected chi connectivity index (χ4v) is 3.48. The number of carbonyl (C=O) groups excluding carboxylic acids is 2. The van der Waals surface area contributed by atoms with Gasteiger partial charge in [0.05, 0.1) is 11.4 Å². The van der Waals surface area contributed by atoms with Crippen LogP contribution in [0.15, 0.2) is 72.4 Å². The van der Waals surface area contributed by atoms with Gasteiger partial charge < -0.3 is 5.32 Å². The van der Waals surface area contributed by atoms with E-state index in [2.05, 4.69) is 20.7 Å². The molecule has 0 aliphatic rings. The molecule has 0 fully saturated rings. The van der Waals surface area contributed by atoms with Gasteiger partial charge >= 0.3 is 11.8 Å². The molecule has 2 heterocycles. The van der Waals surface area contributed by atoms with Crippen molar-refractivity contribution in [3.8, 4) is 16.9 Å². The van der Waals surface area contributed by atoms with Gasteiger partial charge in [0, 0.05) is 29.9 Å². The summed E-state index contributed by atoms with van der Waals surface area (Å²) in [5.41, 5.74) is 2.39. The third kappa shape index (κ3) is 4.41. The highest BCUT2D eigenvalue weighted by Gasteiger charge is 2.16. The third-order valence-corrected chi connectivity index (χ3v) is 4.97. The molecule has 4 rings (SSSR count). The molecule has 0 saturated carbocycles. The topological polar surface area (TPSA) is 88.9 Å². The standard InChI is InChI=1S/C21H16FN5O2S/c22-17-8-2-1-7-16(17)18-13-30-21(25-18)26-20(29)19(28)23-12-14-5-3-6-15(11-14)27-10-4-9-24-27/h1-11,13H,12H2,(H,23,28)(H,25,26,29). The van der Waals surface area contributed by atoms with E-state index in [9.17, 15) is 14.0 Å². The minimum absolute atomic E-state index is 0.180. The van der Waals surface area contributed by atoms with Gasteiger partial charge in [0.2, 0.25) is 0 Å². The van der Waals surface area contributed by atoms with Crippen molar-refractivity contribution in [2.75, 3.05) is 5.32 Å². The molecule has 0 aliphatic carbocycles. The highest BCUT2D eigenvalue weighted by molar-refractivity contribution is 7.14. The lowest BCUT2D eigenvalue weighted by Crippen LogP contribution is -2.34. The smallest absolute Gasteiger partial charge is 0.315 e. The predicted octanol–water partition coefficient (Wildman–Crippen LogP) is 3.39. The van der Waals surface area contributed by atoms with Crippen LogP contribution in [0, 0.1) is 5.82 Å². The van der Waals surface area contributed by atoms with E-state index in [4.69, 9.17) is 0 Å². The number of hydrogen-bond acceptors (Lipinski definition) is 5. The van der Waals surface area contributed by atoms with Crippen molar-refractivity contribution < 1.29 is 14.0 Å². The lowest BCUT2D eigenvalue weighted by molar-refractivity contribution is -0.136. The monoisotopic (exact) mass is 421 g/mol. The number of aromatic nitrogens is 3. The molecule has 0 atom stereocenters. The van der Waals surface area contributed by atoms with Gasteiger partial charge in [0.15, 0.2) is 5.13 Å². The van der Waals surface area contributed by atoms with Gasteiger partial charge in [-0.2, -0.15) is 5.10 Å². The molecule has 0 radical (unpaired) electrons. The number of thiazole rings is 1. The summed E-state index contributed by atoms with van der Waals surface area (Å²) in [4.78, 5) is 28.5. The summed E-state index contributed by atoms with van der Waals surface area (Å²) in [5.74, 6) is -2.04. The van der Waals surface area contributed by atoms with Gasteiger partial charge in [0.25, 0.3) is 0 Å². The molecule has 150 valence electrons. The molecule has 9 heteroatoms. The fourth-order valence-electron chi connectivity index (χ4n) is 2.77. The number of hydrogen-bond donors (Lipinski definition) is 2. The third-order valence-electron chi connectivity index (χ3n) is 4.21. The molecule has 2 N–H and O–H groups in total. The molecule has 2 aromatic carbocycles. The van der Waals surface area contributed by atoms with Crippen LogP contribution < -0.4 is 10.6 Å². The highest BCUT2D eigenvalue weighted by atomic mass is 32.1. The zero-order valence-corrected chi connectivity index (χ0v) is 16.4. The molecule has 2 amide bonds. The Morgan fingerprint density at radius 3 is 2.73 bits per heavy atom. The number of halogens is 1. The molecule has 0 saturated heterocycles. The van der Waals surface area contributed by atoms with E-state index in [1.54, 1.807) is 34.5 Å². The van der Waals surface area contributed by atoms with Gasteiger partial charge in [-0.3, -0.25) is 14.9 Å². The molecular weight excluding hydrogens is 405 g/mol. The van der Waals surface area contributed by atoms with Crippen LogP contribution in [-0.2, 0) is 16.1 Å². The first-order chi connectivity index (χ1) is 14.6. The van der Waals surface area contributed by atoms with Crippen LogP contribution in [0.3, 0.4) is 0 Å². The minimum Gasteiger partial charge on any atom is -0.344 e. The summed E-state index contributed by atoms with van der Waals surface area (Å²) in [6, 6.07) is 15.5. The molecule has 7 nitrogen and oxygen atoms in total. The summed E-state index contributed by atoms with van der Waals surface area (Å²) in [5, 5.41) is 11.0. The van der Waals surface area contributed by atoms with E-state index in [1.807, 2.05) is 36.5 Å². The Hall–Kier alpha value is -3.85. The summed E-state index contributed by atoms with van der Waals surface area (Å²) >= 11 is 1.11. The average Bonchev–Trinajstić information content (AvgIpc) is 3.45. The first-order valence-electron chi connectivity index (χ1n) is 8.99. The number of nitrogens with one attached hydrogen (secondary N) is 2. The quantitative estimate of drug-likeness (QED) is 0.484. The normalized spacial score (nSPS) is 10.6. The Morgan fingerprint density at radius 1 is 1.07 bits per heavy atom. The molecule has 2 aromatic heterocycles. The second kappa shape index (κ2) is 8.66. The maximum atomic E-state index is 13.9. The Balaban J connectivity index is 1.35. The minimum atomic E-state index is -0.840. The van der Waals surface area contributed by atoms with Gasteiger partial charge in [0.1, 0.15) is 5.82 Å². The molecule has 4 aromatic rings. The summed E-state index contributed by atoms with van der Waals surface area (Å²) in [7, 11) is 0. The Bertz CT molecular complexity index is 1190. The van der Waals surface area contributed by atoms with Crippen molar-refractivity contribution in [3.63, 3.8) is 0 Å². The number of nitrogens with zero attached hydrogens (tertiary/aromatic N) is 3. The van der Waals surface area contributed by atoms with Crippen molar-refractivity contribution in [1.82, 2.24) is 20.1 Å². The predicted molar refractivity (Wildman–Crippen MR) is 112 cm³/mol. The van der Waals surface area contributed by atoms with Crippen LogP contribution in [0.2, 0.25) is 0 Å². The van der Waals surface area contributed by atoms with Crippen LogP contribution >= 0.6 is 11.3 Å². The van der Waals surface area contributed by atoms with E-state index < -0.39 is 17.6 Å². The van der Waals surface area contributed by atoms with Gasteiger partial charge in [-0.15, -0.1) is 11.3 Å². The van der Waals surface area contributed by atoms with Crippen molar-refractivity contribution >= 4 is 28.3 Å². The van der Waals surface area contributed by atoms with Gasteiger partial charge in [-0.1, -0.05) is 24.3 Å². The van der Waals surface area contributed by atoms with Crippen LogP contribution in [0.25, 0.3) is 16.9 Å². The summed E-state index contributed by atoms with van der Waals surface area (Å²) < 4.78 is 15.6. The molecular formula is C21H16FN5O2S. The Morgan fingerprint density at radius 2 is 1.93 bits per heavy atom.